The summed E-state index contributed by atoms with van der Waals surface area (Å²) in [4.78, 5) is 15.1. The van der Waals surface area contributed by atoms with E-state index in [0.29, 0.717) is 23.5 Å². The Morgan fingerprint density at radius 2 is 1.74 bits per heavy atom. The lowest BCUT2D eigenvalue weighted by molar-refractivity contribution is 0.0635. The Labute approximate surface area is 201 Å². The minimum atomic E-state index is -3.95. The van der Waals surface area contributed by atoms with Crippen LogP contribution in [0.1, 0.15) is 42.1 Å². The number of benzene rings is 3. The third-order valence-corrected chi connectivity index (χ3v) is 8.03. The Morgan fingerprint density at radius 1 is 1.00 bits per heavy atom. The first-order valence-electron chi connectivity index (χ1n) is 11.5. The first kappa shape index (κ1) is 23.8. The second-order valence-corrected chi connectivity index (χ2v) is 10.4. The third kappa shape index (κ3) is 5.09. The molecule has 0 spiro atoms. The van der Waals surface area contributed by atoms with Gasteiger partial charge in [-0.05, 0) is 74.2 Å². The van der Waals surface area contributed by atoms with E-state index in [4.69, 9.17) is 4.74 Å². The monoisotopic (exact) mass is 478 g/mol. The number of anilines is 1. The van der Waals surface area contributed by atoms with Crippen LogP contribution in [0, 0.1) is 0 Å². The van der Waals surface area contributed by atoms with Gasteiger partial charge in [0.05, 0.1) is 24.2 Å². The van der Waals surface area contributed by atoms with Crippen molar-refractivity contribution in [3.8, 4) is 5.75 Å². The van der Waals surface area contributed by atoms with Crippen LogP contribution in [0.2, 0.25) is 0 Å². The highest BCUT2D eigenvalue weighted by molar-refractivity contribution is 7.92. The molecule has 34 heavy (non-hydrogen) atoms. The number of sulfonamides is 1. The summed E-state index contributed by atoms with van der Waals surface area (Å²) >= 11 is 0. The third-order valence-electron chi connectivity index (χ3n) is 6.26. The molecule has 0 aromatic heterocycles. The zero-order chi connectivity index (χ0) is 24.1. The summed E-state index contributed by atoms with van der Waals surface area (Å²) in [7, 11) is -2.38. The van der Waals surface area contributed by atoms with Gasteiger partial charge in [-0.1, -0.05) is 36.4 Å². The smallest absolute Gasteiger partial charge is 0.264 e. The van der Waals surface area contributed by atoms with Gasteiger partial charge in [-0.25, -0.2) is 8.42 Å². The number of hydrogen-bond donors (Lipinski definition) is 0. The number of ether oxygens (including phenoxy) is 1. The first-order valence-corrected chi connectivity index (χ1v) is 13.0. The number of methoxy groups -OCH3 is 1. The Hall–Kier alpha value is -3.32. The largest absolute Gasteiger partial charge is 0.497 e. The van der Waals surface area contributed by atoms with Gasteiger partial charge in [0.1, 0.15) is 5.75 Å². The highest BCUT2D eigenvalue weighted by Crippen LogP contribution is 2.29. The second-order valence-electron chi connectivity index (χ2n) is 8.57. The molecular formula is C27H30N2O4S. The molecular weight excluding hydrogens is 448 g/mol. The molecule has 1 amide bonds. The summed E-state index contributed by atoms with van der Waals surface area (Å²) in [6.07, 6.45) is 3.04. The normalized spacial score (nSPS) is 16.2. The van der Waals surface area contributed by atoms with Crippen molar-refractivity contribution in [2.24, 2.45) is 0 Å². The Balaban J connectivity index is 1.71. The topological polar surface area (TPSA) is 66.9 Å². The lowest BCUT2D eigenvalue weighted by atomic mass is 10.0. The second kappa shape index (κ2) is 10.3. The molecule has 0 radical (unpaired) electrons. The standard InChI is InChI=1S/C27H30N2O4S/c1-21-9-6-7-18-28(21)27(30)23-12-8-13-26(19-23)34(31,32)29(20-22-10-4-3-5-11-22)24-14-16-25(33-2)17-15-24/h3-5,8,10-17,19,21H,6-7,9,18,20H2,1-2H3/t21-/m0/s1. The minimum Gasteiger partial charge on any atom is -0.497 e. The zero-order valence-electron chi connectivity index (χ0n) is 19.6. The van der Waals surface area contributed by atoms with Crippen molar-refractivity contribution in [3.05, 3.63) is 90.0 Å². The van der Waals surface area contributed by atoms with Gasteiger partial charge in [-0.15, -0.1) is 0 Å². The predicted molar refractivity (Wildman–Crippen MR) is 134 cm³/mol. The van der Waals surface area contributed by atoms with Crippen molar-refractivity contribution >= 4 is 21.6 Å². The van der Waals surface area contributed by atoms with Crippen molar-refractivity contribution < 1.29 is 17.9 Å². The molecule has 1 aliphatic rings. The molecule has 0 aliphatic carbocycles. The van der Waals surface area contributed by atoms with Gasteiger partial charge in [0.2, 0.25) is 0 Å². The van der Waals surface area contributed by atoms with Crippen LogP contribution in [-0.2, 0) is 16.6 Å². The van der Waals surface area contributed by atoms with E-state index in [1.165, 1.54) is 10.4 Å². The zero-order valence-corrected chi connectivity index (χ0v) is 20.4. The summed E-state index contributed by atoms with van der Waals surface area (Å²) in [5.41, 5.74) is 1.77. The molecule has 1 fully saturated rings. The number of carbonyl (C=O) groups excluding carboxylic acids is 1. The highest BCUT2D eigenvalue weighted by atomic mass is 32.2. The fraction of sp³-hybridized carbons (Fsp3) is 0.296. The molecule has 1 atom stereocenters. The molecule has 3 aromatic rings. The number of carbonyl (C=O) groups is 1. The predicted octanol–water partition coefficient (Wildman–Crippen LogP) is 5.11. The van der Waals surface area contributed by atoms with Crippen LogP contribution in [0.15, 0.2) is 83.8 Å². The van der Waals surface area contributed by atoms with Crippen molar-refractivity contribution in [1.29, 1.82) is 0 Å². The van der Waals surface area contributed by atoms with Gasteiger partial charge < -0.3 is 9.64 Å². The summed E-state index contributed by atoms with van der Waals surface area (Å²) in [5, 5.41) is 0. The molecule has 0 unspecified atom stereocenters. The molecule has 1 saturated heterocycles. The maximum absolute atomic E-state index is 13.9. The van der Waals surface area contributed by atoms with Crippen molar-refractivity contribution in [1.82, 2.24) is 4.90 Å². The van der Waals surface area contributed by atoms with E-state index in [1.54, 1.807) is 49.6 Å². The Morgan fingerprint density at radius 3 is 2.41 bits per heavy atom. The maximum Gasteiger partial charge on any atom is 0.264 e. The maximum atomic E-state index is 13.9. The molecule has 178 valence electrons. The van der Waals surface area contributed by atoms with E-state index in [2.05, 4.69) is 0 Å². The Kier molecular flexibility index (Phi) is 7.22. The number of likely N-dealkylation sites (tertiary alicyclic amines) is 1. The minimum absolute atomic E-state index is 0.0924. The van der Waals surface area contributed by atoms with Crippen LogP contribution in [0.3, 0.4) is 0 Å². The van der Waals surface area contributed by atoms with E-state index in [0.717, 1.165) is 24.8 Å². The van der Waals surface area contributed by atoms with E-state index in [1.807, 2.05) is 42.2 Å². The van der Waals surface area contributed by atoms with Crippen LogP contribution in [0.4, 0.5) is 5.69 Å². The van der Waals surface area contributed by atoms with Crippen molar-refractivity contribution in [3.63, 3.8) is 0 Å². The van der Waals surface area contributed by atoms with Gasteiger partial charge in [-0.3, -0.25) is 9.10 Å². The summed E-state index contributed by atoms with van der Waals surface area (Å²) < 4.78 is 34.4. The number of piperidine rings is 1. The summed E-state index contributed by atoms with van der Waals surface area (Å²) in [5.74, 6) is 0.521. The highest BCUT2D eigenvalue weighted by Gasteiger charge is 2.28. The number of rotatable bonds is 7. The number of hydrogen-bond acceptors (Lipinski definition) is 4. The van der Waals surface area contributed by atoms with Gasteiger partial charge in [0.25, 0.3) is 15.9 Å². The van der Waals surface area contributed by atoms with Crippen molar-refractivity contribution in [2.75, 3.05) is 18.0 Å². The van der Waals surface area contributed by atoms with E-state index < -0.39 is 10.0 Å². The van der Waals surface area contributed by atoms with E-state index in [9.17, 15) is 13.2 Å². The molecule has 4 rings (SSSR count). The van der Waals surface area contributed by atoms with Crippen LogP contribution in [0.25, 0.3) is 0 Å². The lowest BCUT2D eigenvalue weighted by Crippen LogP contribution is -2.42. The average molecular weight is 479 g/mol. The van der Waals surface area contributed by atoms with E-state index in [-0.39, 0.29) is 23.4 Å². The van der Waals surface area contributed by atoms with Crippen LogP contribution in [0.5, 0.6) is 5.75 Å². The molecule has 1 aliphatic heterocycles. The molecule has 6 nitrogen and oxygen atoms in total. The molecule has 0 saturated carbocycles. The average Bonchev–Trinajstić information content (AvgIpc) is 2.88. The van der Waals surface area contributed by atoms with Crippen LogP contribution in [-0.4, -0.2) is 38.9 Å². The SMILES string of the molecule is COc1ccc(N(Cc2ccccc2)S(=O)(=O)c2cccc(C(=O)N3CCCC[C@@H]3C)c2)cc1. The van der Waals surface area contributed by atoms with Crippen LogP contribution < -0.4 is 9.04 Å². The molecule has 0 N–H and O–H groups in total. The van der Waals surface area contributed by atoms with Gasteiger partial charge in [0.15, 0.2) is 0 Å². The summed E-state index contributed by atoms with van der Waals surface area (Å²) in [6, 6.07) is 22.9. The van der Waals surface area contributed by atoms with Gasteiger partial charge in [-0.2, -0.15) is 0 Å². The van der Waals surface area contributed by atoms with Crippen LogP contribution >= 0.6 is 0 Å². The molecule has 0 bridgehead atoms. The van der Waals surface area contributed by atoms with Gasteiger partial charge >= 0.3 is 0 Å². The molecule has 7 heteroatoms. The van der Waals surface area contributed by atoms with Crippen molar-refractivity contribution in [2.45, 2.75) is 43.7 Å². The van der Waals surface area contributed by atoms with Gasteiger partial charge in [0, 0.05) is 18.2 Å². The fourth-order valence-corrected chi connectivity index (χ4v) is 5.79. The number of amides is 1. The number of nitrogens with zero attached hydrogens (tertiary/aromatic N) is 2. The Bertz CT molecular complexity index is 1230. The quantitative estimate of drug-likeness (QED) is 0.474. The molecule has 3 aromatic carbocycles. The lowest BCUT2D eigenvalue weighted by Gasteiger charge is -2.33. The first-order chi connectivity index (χ1) is 16.4. The van der Waals surface area contributed by atoms with E-state index >= 15 is 0 Å². The fourth-order valence-electron chi connectivity index (χ4n) is 4.30. The summed E-state index contributed by atoms with van der Waals surface area (Å²) in [6.45, 7) is 2.91. The molecule has 1 heterocycles.